The van der Waals surface area contributed by atoms with Crippen molar-refractivity contribution in [3.05, 3.63) is 71.8 Å². The summed E-state index contributed by atoms with van der Waals surface area (Å²) in [4.78, 5) is 77.2. The summed E-state index contributed by atoms with van der Waals surface area (Å²) in [5.41, 5.74) is 0.264. The molecule has 1 fully saturated rings. The quantitative estimate of drug-likeness (QED) is 0.141. The number of carbonyl (C=O) groups excluding carboxylic acids is 5. The Kier molecular flexibility index (Phi) is 13.9. The first kappa shape index (κ1) is 38.2. The number of benzene rings is 2. The predicted molar refractivity (Wildman–Crippen MR) is 177 cm³/mol. The predicted octanol–water partition coefficient (Wildman–Crippen LogP) is 3.83. The second-order valence-electron chi connectivity index (χ2n) is 12.2. The number of nitrogens with zero attached hydrogens (tertiary/aromatic N) is 1. The van der Waals surface area contributed by atoms with Gasteiger partial charge in [-0.3, -0.25) is 19.2 Å². The highest BCUT2D eigenvalue weighted by Gasteiger charge is 2.42. The van der Waals surface area contributed by atoms with Crippen LogP contribution < -0.4 is 14.8 Å². The maximum Gasteiger partial charge on any atom is 0.330 e. The van der Waals surface area contributed by atoms with Crippen molar-refractivity contribution in [3.63, 3.8) is 0 Å². The molecule has 1 aliphatic heterocycles. The molecule has 0 aliphatic carbocycles. The van der Waals surface area contributed by atoms with Crippen molar-refractivity contribution in [2.75, 3.05) is 33.9 Å². The first-order valence-corrected chi connectivity index (χ1v) is 16.0. The number of ketones is 1. The van der Waals surface area contributed by atoms with Crippen LogP contribution in [-0.2, 0) is 39.9 Å². The van der Waals surface area contributed by atoms with Gasteiger partial charge in [0.05, 0.1) is 26.1 Å². The van der Waals surface area contributed by atoms with Gasteiger partial charge in [-0.05, 0) is 81.3 Å². The molecule has 1 saturated heterocycles. The maximum atomic E-state index is 13.9. The van der Waals surface area contributed by atoms with Crippen LogP contribution in [0.3, 0.4) is 0 Å². The van der Waals surface area contributed by atoms with E-state index in [9.17, 15) is 28.8 Å². The number of carboxylic acid groups (broad SMARTS) is 1. The number of ether oxygens (including phenoxy) is 4. The Hall–Kier alpha value is -5.20. The van der Waals surface area contributed by atoms with E-state index in [0.717, 1.165) is 11.6 Å². The van der Waals surface area contributed by atoms with E-state index in [1.807, 2.05) is 12.1 Å². The van der Waals surface area contributed by atoms with E-state index in [0.29, 0.717) is 36.3 Å². The van der Waals surface area contributed by atoms with Crippen molar-refractivity contribution in [1.82, 2.24) is 10.2 Å². The van der Waals surface area contributed by atoms with Crippen LogP contribution in [0.1, 0.15) is 73.5 Å². The van der Waals surface area contributed by atoms with Crippen LogP contribution in [0, 0.1) is 5.41 Å². The number of carbonyl (C=O) groups is 6. The summed E-state index contributed by atoms with van der Waals surface area (Å²) in [6.45, 7) is 6.05. The molecule has 2 amide bonds. The van der Waals surface area contributed by atoms with Crippen LogP contribution >= 0.6 is 0 Å². The van der Waals surface area contributed by atoms with Crippen LogP contribution in [0.2, 0.25) is 0 Å². The van der Waals surface area contributed by atoms with Crippen LogP contribution in [0.4, 0.5) is 0 Å². The van der Waals surface area contributed by atoms with Crippen molar-refractivity contribution >= 4 is 35.5 Å². The molecule has 0 aromatic heterocycles. The van der Waals surface area contributed by atoms with Gasteiger partial charge in [0, 0.05) is 24.7 Å². The third kappa shape index (κ3) is 10.6. The molecule has 3 rings (SSSR count). The molecule has 49 heavy (non-hydrogen) atoms. The maximum absolute atomic E-state index is 13.9. The largest absolute Gasteiger partial charge is 0.493 e. The number of amides is 2. The Morgan fingerprint density at radius 3 is 2.45 bits per heavy atom. The first-order valence-electron chi connectivity index (χ1n) is 16.0. The Morgan fingerprint density at radius 1 is 1.04 bits per heavy atom. The lowest BCUT2D eigenvalue weighted by Crippen LogP contribution is -2.53. The van der Waals surface area contributed by atoms with Gasteiger partial charge < -0.3 is 34.3 Å². The molecule has 2 aromatic rings. The number of esters is 2. The summed E-state index contributed by atoms with van der Waals surface area (Å²) >= 11 is 0. The molecular weight excluding hydrogens is 636 g/mol. The zero-order chi connectivity index (χ0) is 36.1. The summed E-state index contributed by atoms with van der Waals surface area (Å²) in [5.74, 6) is -3.57. The number of carboxylic acids is 1. The normalized spacial score (nSPS) is 14.9. The SMILES string of the molecule is C=CC(=O)OCC(C)(C)C(=O)C(=O)N1CCCC[C@H]1C(=O)O[C@H](CCc1ccc(OC)c(OC)c1)c1cccc(C(=O)NCCC(=O)O)c1. The molecule has 0 spiro atoms. The molecule has 2 atom stereocenters. The van der Waals surface area contributed by atoms with Crippen molar-refractivity contribution in [2.24, 2.45) is 5.41 Å². The average molecular weight is 681 g/mol. The summed E-state index contributed by atoms with van der Waals surface area (Å²) in [5, 5.41) is 11.5. The highest BCUT2D eigenvalue weighted by atomic mass is 16.5. The molecule has 264 valence electrons. The summed E-state index contributed by atoms with van der Waals surface area (Å²) in [7, 11) is 3.05. The smallest absolute Gasteiger partial charge is 0.330 e. The third-order valence-electron chi connectivity index (χ3n) is 8.13. The van der Waals surface area contributed by atoms with Crippen LogP contribution in [-0.4, -0.2) is 85.5 Å². The number of aryl methyl sites for hydroxylation is 1. The van der Waals surface area contributed by atoms with Gasteiger partial charge in [0.1, 0.15) is 18.8 Å². The zero-order valence-corrected chi connectivity index (χ0v) is 28.3. The standard InChI is InChI=1S/C36H44N2O11/c1-6-31(41)48-22-36(2,3)32(42)34(44)38-19-8-7-12-26(38)35(45)49-27(15-13-23-14-16-28(46-4)29(20-23)47-5)24-10-9-11-25(21-24)33(43)37-18-17-30(39)40/h6,9-11,14,16,20-21,26-27H,1,7-8,12-13,15,17-19,22H2,2-5H3,(H,37,43)(H,39,40)/t26-,27+/m0/s1. The number of nitrogens with one attached hydrogen (secondary N) is 1. The third-order valence-corrected chi connectivity index (χ3v) is 8.13. The lowest BCUT2D eigenvalue weighted by Gasteiger charge is -2.36. The van der Waals surface area contributed by atoms with Crippen molar-refractivity contribution in [3.8, 4) is 11.5 Å². The summed E-state index contributed by atoms with van der Waals surface area (Å²) < 4.78 is 21.9. The molecule has 1 aliphatic rings. The van der Waals surface area contributed by atoms with E-state index in [2.05, 4.69) is 11.9 Å². The van der Waals surface area contributed by atoms with Gasteiger partial charge in [0.25, 0.3) is 11.8 Å². The van der Waals surface area contributed by atoms with E-state index in [1.165, 1.54) is 33.0 Å². The van der Waals surface area contributed by atoms with Gasteiger partial charge in [0.2, 0.25) is 5.78 Å². The van der Waals surface area contributed by atoms with Gasteiger partial charge in [-0.1, -0.05) is 24.8 Å². The number of Topliss-reactive ketones (excluding diaryl/α,β-unsaturated/α-hetero) is 1. The summed E-state index contributed by atoms with van der Waals surface area (Å²) in [6.07, 6.45) is 2.05. The monoisotopic (exact) mass is 680 g/mol. The molecule has 0 bridgehead atoms. The minimum Gasteiger partial charge on any atom is -0.493 e. The van der Waals surface area contributed by atoms with E-state index >= 15 is 0 Å². The molecular formula is C36H44N2O11. The Labute approximate surface area is 285 Å². The molecule has 0 saturated carbocycles. The van der Waals surface area contributed by atoms with E-state index in [-0.39, 0.29) is 44.5 Å². The number of likely N-dealkylation sites (tertiary alicyclic amines) is 1. The van der Waals surface area contributed by atoms with Gasteiger partial charge >= 0.3 is 17.9 Å². The molecule has 13 nitrogen and oxygen atoms in total. The Balaban J connectivity index is 1.87. The number of rotatable bonds is 17. The topological polar surface area (TPSA) is 175 Å². The van der Waals surface area contributed by atoms with E-state index in [4.69, 9.17) is 24.1 Å². The summed E-state index contributed by atoms with van der Waals surface area (Å²) in [6, 6.07) is 10.9. The molecule has 0 unspecified atom stereocenters. The minimum atomic E-state index is -1.35. The molecule has 1 heterocycles. The van der Waals surface area contributed by atoms with Crippen LogP contribution in [0.15, 0.2) is 55.1 Å². The lowest BCUT2D eigenvalue weighted by molar-refractivity contribution is -0.165. The van der Waals surface area contributed by atoms with Crippen LogP contribution in [0.25, 0.3) is 0 Å². The van der Waals surface area contributed by atoms with Crippen molar-refractivity contribution in [2.45, 2.75) is 64.5 Å². The Bertz CT molecular complexity index is 1550. The number of methoxy groups -OCH3 is 2. The number of hydrogen-bond acceptors (Lipinski definition) is 10. The fourth-order valence-electron chi connectivity index (χ4n) is 5.33. The second-order valence-corrected chi connectivity index (χ2v) is 12.2. The van der Waals surface area contributed by atoms with Gasteiger partial charge in [-0.2, -0.15) is 0 Å². The van der Waals surface area contributed by atoms with Gasteiger partial charge in [-0.15, -0.1) is 0 Å². The van der Waals surface area contributed by atoms with Gasteiger partial charge in [0.15, 0.2) is 11.5 Å². The van der Waals surface area contributed by atoms with Gasteiger partial charge in [-0.25, -0.2) is 9.59 Å². The molecule has 0 radical (unpaired) electrons. The van der Waals surface area contributed by atoms with E-state index < -0.39 is 53.1 Å². The van der Waals surface area contributed by atoms with Crippen LogP contribution in [0.5, 0.6) is 11.5 Å². The second kappa shape index (κ2) is 17.8. The molecule has 2 aromatic carbocycles. The fourth-order valence-corrected chi connectivity index (χ4v) is 5.33. The zero-order valence-electron chi connectivity index (χ0n) is 28.3. The lowest BCUT2D eigenvalue weighted by atomic mass is 9.87. The van der Waals surface area contributed by atoms with Crippen molar-refractivity contribution in [1.29, 1.82) is 0 Å². The molecule has 2 N–H and O–H groups in total. The number of aliphatic carboxylic acids is 1. The van der Waals surface area contributed by atoms with Crippen molar-refractivity contribution < 1.29 is 52.8 Å². The first-order chi connectivity index (χ1) is 23.3. The molecule has 13 heteroatoms. The number of piperidine rings is 1. The Morgan fingerprint density at radius 2 is 1.78 bits per heavy atom. The highest BCUT2D eigenvalue weighted by Crippen LogP contribution is 2.32. The highest BCUT2D eigenvalue weighted by molar-refractivity contribution is 6.38. The minimum absolute atomic E-state index is 0.0616. The fraction of sp³-hybridized carbons (Fsp3) is 0.444. The number of hydrogen-bond donors (Lipinski definition) is 2. The van der Waals surface area contributed by atoms with E-state index in [1.54, 1.807) is 30.3 Å². The average Bonchev–Trinajstić information content (AvgIpc) is 3.11.